The van der Waals surface area contributed by atoms with Gasteiger partial charge in [-0.1, -0.05) is 41.9 Å². The monoisotopic (exact) mass is 470 g/mol. The van der Waals surface area contributed by atoms with Crippen LogP contribution in [0.3, 0.4) is 0 Å². The summed E-state index contributed by atoms with van der Waals surface area (Å²) < 4.78 is 15.8. The summed E-state index contributed by atoms with van der Waals surface area (Å²) in [5, 5.41) is 6.09. The van der Waals surface area contributed by atoms with E-state index in [9.17, 15) is 18.8 Å². The summed E-state index contributed by atoms with van der Waals surface area (Å²) in [5.41, 5.74) is 1.54. The molecule has 0 unspecified atom stereocenters. The van der Waals surface area contributed by atoms with Gasteiger partial charge in [-0.25, -0.2) is 4.39 Å². The van der Waals surface area contributed by atoms with E-state index in [0.29, 0.717) is 24.9 Å². The van der Waals surface area contributed by atoms with Crippen LogP contribution in [0.25, 0.3) is 10.9 Å². The van der Waals surface area contributed by atoms with Crippen molar-refractivity contribution >= 4 is 40.2 Å². The molecule has 2 N–H and O–H groups in total. The predicted molar refractivity (Wildman–Crippen MR) is 123 cm³/mol. The number of benzene rings is 2. The first-order valence-corrected chi connectivity index (χ1v) is 11.1. The van der Waals surface area contributed by atoms with Crippen LogP contribution in [0.15, 0.2) is 48.7 Å². The Bertz CT molecular complexity index is 1230. The summed E-state index contributed by atoms with van der Waals surface area (Å²) in [5.74, 6) is -1.34. The molecule has 0 radical (unpaired) electrons. The fourth-order valence-corrected chi connectivity index (χ4v) is 4.45. The molecule has 1 aliphatic heterocycles. The topological polar surface area (TPSA) is 83.4 Å². The first-order valence-electron chi connectivity index (χ1n) is 10.7. The number of hydrogen-bond acceptors (Lipinski definition) is 3. The Balaban J connectivity index is 1.48. The van der Waals surface area contributed by atoms with Crippen molar-refractivity contribution in [2.75, 3.05) is 13.6 Å². The van der Waals surface area contributed by atoms with Crippen molar-refractivity contribution in [2.45, 2.75) is 32.0 Å². The van der Waals surface area contributed by atoms with E-state index in [4.69, 9.17) is 11.6 Å². The van der Waals surface area contributed by atoms with Crippen LogP contribution in [-0.2, 0) is 22.7 Å². The van der Waals surface area contributed by atoms with Crippen LogP contribution in [0, 0.1) is 5.82 Å². The highest BCUT2D eigenvalue weighted by Gasteiger charge is 2.34. The maximum absolute atomic E-state index is 14.1. The molecule has 1 aromatic heterocycles. The number of fused-ring (bicyclic) bond motifs is 1. The Labute approximate surface area is 195 Å². The summed E-state index contributed by atoms with van der Waals surface area (Å²) in [6.07, 6.45) is 2.89. The second-order valence-corrected chi connectivity index (χ2v) is 8.35. The van der Waals surface area contributed by atoms with Crippen molar-refractivity contribution in [2.24, 2.45) is 0 Å². The lowest BCUT2D eigenvalue weighted by atomic mass is 10.1. The van der Waals surface area contributed by atoms with Gasteiger partial charge in [0, 0.05) is 42.8 Å². The number of likely N-dealkylation sites (tertiary alicyclic amines) is 1. The van der Waals surface area contributed by atoms with Crippen molar-refractivity contribution < 1.29 is 18.8 Å². The molecule has 1 fully saturated rings. The van der Waals surface area contributed by atoms with Crippen LogP contribution < -0.4 is 10.6 Å². The number of carbonyl (C=O) groups excluding carboxylic acids is 3. The minimum absolute atomic E-state index is 0.00418. The third-order valence-corrected chi connectivity index (χ3v) is 6.22. The summed E-state index contributed by atoms with van der Waals surface area (Å²) in [6, 6.07) is 11.4. The zero-order valence-corrected chi connectivity index (χ0v) is 18.9. The summed E-state index contributed by atoms with van der Waals surface area (Å²) in [4.78, 5) is 39.8. The van der Waals surface area contributed by atoms with Gasteiger partial charge in [0.25, 0.3) is 5.91 Å². The molecule has 1 aliphatic rings. The van der Waals surface area contributed by atoms with E-state index in [1.165, 1.54) is 6.07 Å². The third-order valence-electron chi connectivity index (χ3n) is 5.93. The molecule has 2 heterocycles. The van der Waals surface area contributed by atoms with Gasteiger partial charge < -0.3 is 20.1 Å². The van der Waals surface area contributed by atoms with Crippen molar-refractivity contribution in [3.05, 3.63) is 70.6 Å². The molecule has 1 saturated heterocycles. The smallest absolute Gasteiger partial charge is 0.253 e. The molecule has 0 aliphatic carbocycles. The quantitative estimate of drug-likeness (QED) is 0.580. The van der Waals surface area contributed by atoms with E-state index in [0.717, 1.165) is 10.9 Å². The first kappa shape index (κ1) is 22.8. The molecule has 0 spiro atoms. The average molecular weight is 471 g/mol. The molecule has 33 heavy (non-hydrogen) atoms. The molecular formula is C24H24ClFN4O3. The number of amides is 3. The minimum atomic E-state index is -0.625. The lowest BCUT2D eigenvalue weighted by molar-refractivity contribution is -0.138. The Morgan fingerprint density at radius 2 is 1.94 bits per heavy atom. The lowest BCUT2D eigenvalue weighted by Crippen LogP contribution is -2.46. The molecule has 3 amide bonds. The zero-order valence-electron chi connectivity index (χ0n) is 18.1. The van der Waals surface area contributed by atoms with Gasteiger partial charge >= 0.3 is 0 Å². The fraction of sp³-hybridized carbons (Fsp3) is 0.292. The molecule has 4 rings (SSSR count). The minimum Gasteiger partial charge on any atom is -0.355 e. The molecule has 2 aromatic carbocycles. The summed E-state index contributed by atoms with van der Waals surface area (Å²) in [6.45, 7) is 0.454. The third kappa shape index (κ3) is 4.57. The van der Waals surface area contributed by atoms with Gasteiger partial charge in [0.1, 0.15) is 18.4 Å². The highest BCUT2D eigenvalue weighted by molar-refractivity contribution is 6.30. The van der Waals surface area contributed by atoms with Crippen molar-refractivity contribution in [1.82, 2.24) is 20.1 Å². The Morgan fingerprint density at radius 1 is 1.15 bits per heavy atom. The van der Waals surface area contributed by atoms with Crippen LogP contribution in [-0.4, -0.2) is 46.8 Å². The number of para-hydroxylation sites is 1. The van der Waals surface area contributed by atoms with Gasteiger partial charge in [-0.05, 0) is 25.0 Å². The first-order chi connectivity index (χ1) is 15.9. The van der Waals surface area contributed by atoms with E-state index >= 15 is 0 Å². The largest absolute Gasteiger partial charge is 0.355 e. The maximum atomic E-state index is 14.1. The van der Waals surface area contributed by atoms with Crippen LogP contribution in [0.5, 0.6) is 0 Å². The second-order valence-electron chi connectivity index (χ2n) is 7.94. The van der Waals surface area contributed by atoms with Gasteiger partial charge in [-0.15, -0.1) is 0 Å². The van der Waals surface area contributed by atoms with E-state index < -0.39 is 11.9 Å². The van der Waals surface area contributed by atoms with Gasteiger partial charge in [0.2, 0.25) is 11.8 Å². The van der Waals surface area contributed by atoms with Gasteiger partial charge in [-0.3, -0.25) is 14.4 Å². The number of halogens is 2. The summed E-state index contributed by atoms with van der Waals surface area (Å²) in [7, 11) is 1.56. The molecular weight excluding hydrogens is 447 g/mol. The fourth-order valence-electron chi connectivity index (χ4n) is 4.25. The predicted octanol–water partition coefficient (Wildman–Crippen LogP) is 3.10. The van der Waals surface area contributed by atoms with E-state index in [1.54, 1.807) is 34.8 Å². The SMILES string of the molecule is CNC(=O)c1cn(CC(=O)N2CCC[C@H]2C(=O)NCc2cccc(Cl)c2F)c2ccccc12. The van der Waals surface area contributed by atoms with Gasteiger partial charge in [-0.2, -0.15) is 0 Å². The Hall–Kier alpha value is -3.39. The molecule has 0 saturated carbocycles. The number of nitrogens with one attached hydrogen (secondary N) is 2. The second kappa shape index (κ2) is 9.62. The van der Waals surface area contributed by atoms with Crippen LogP contribution in [0.1, 0.15) is 28.8 Å². The zero-order chi connectivity index (χ0) is 23.5. The van der Waals surface area contributed by atoms with E-state index in [1.807, 2.05) is 24.3 Å². The lowest BCUT2D eigenvalue weighted by Gasteiger charge is -2.24. The van der Waals surface area contributed by atoms with E-state index in [-0.39, 0.29) is 41.4 Å². The number of nitrogens with zero attached hydrogens (tertiary/aromatic N) is 2. The van der Waals surface area contributed by atoms with Crippen molar-refractivity contribution in [3.63, 3.8) is 0 Å². The summed E-state index contributed by atoms with van der Waals surface area (Å²) >= 11 is 5.80. The van der Waals surface area contributed by atoms with Gasteiger partial charge in [0.05, 0.1) is 10.6 Å². The Morgan fingerprint density at radius 3 is 2.73 bits per heavy atom. The van der Waals surface area contributed by atoms with Crippen molar-refractivity contribution in [3.8, 4) is 0 Å². The van der Waals surface area contributed by atoms with Crippen LogP contribution in [0.2, 0.25) is 5.02 Å². The average Bonchev–Trinajstić information content (AvgIpc) is 3.45. The molecule has 9 heteroatoms. The van der Waals surface area contributed by atoms with Crippen LogP contribution in [0.4, 0.5) is 4.39 Å². The number of hydrogen-bond donors (Lipinski definition) is 2. The van der Waals surface area contributed by atoms with Crippen LogP contribution >= 0.6 is 11.6 Å². The van der Waals surface area contributed by atoms with Gasteiger partial charge in [0.15, 0.2) is 0 Å². The number of aromatic nitrogens is 1. The van der Waals surface area contributed by atoms with Crippen molar-refractivity contribution in [1.29, 1.82) is 0 Å². The highest BCUT2D eigenvalue weighted by atomic mass is 35.5. The molecule has 0 bridgehead atoms. The normalized spacial score (nSPS) is 15.6. The molecule has 172 valence electrons. The maximum Gasteiger partial charge on any atom is 0.253 e. The standard InChI is InChI=1S/C24H24ClFN4O3/c1-27-23(32)17-13-29(19-9-3-2-7-16(17)19)14-21(31)30-11-5-10-20(30)24(33)28-12-15-6-4-8-18(25)22(15)26/h2-4,6-9,13,20H,5,10-12,14H2,1H3,(H,27,32)(H,28,33)/t20-/m0/s1. The number of rotatable bonds is 6. The molecule has 3 aromatic rings. The molecule has 7 nitrogen and oxygen atoms in total. The highest BCUT2D eigenvalue weighted by Crippen LogP contribution is 2.24. The van der Waals surface area contributed by atoms with E-state index in [2.05, 4.69) is 10.6 Å². The molecule has 1 atom stereocenters. The number of carbonyl (C=O) groups is 3. The Kier molecular flexibility index (Phi) is 6.65.